The molecule has 0 aliphatic rings. The van der Waals surface area contributed by atoms with E-state index in [4.69, 9.17) is 16.3 Å². The third-order valence-corrected chi connectivity index (χ3v) is 5.41. The third-order valence-electron chi connectivity index (χ3n) is 2.59. The maximum Gasteiger partial charge on any atom is 0.165 e. The van der Waals surface area contributed by atoms with Gasteiger partial charge in [-0.3, -0.25) is 0 Å². The zero-order valence-corrected chi connectivity index (χ0v) is 13.0. The molecule has 0 radical (unpaired) electrons. The molecule has 0 spiro atoms. The van der Waals surface area contributed by atoms with Crippen molar-refractivity contribution in [1.82, 2.24) is 0 Å². The largest absolute Gasteiger partial charge is 0.494 e. The number of methoxy groups -OCH3 is 1. The predicted octanol–water partition coefficient (Wildman–Crippen LogP) is 5.29. The van der Waals surface area contributed by atoms with Gasteiger partial charge in [-0.1, -0.05) is 6.07 Å². The van der Waals surface area contributed by atoms with E-state index in [0.717, 1.165) is 19.8 Å². The Kier molecular flexibility index (Phi) is 4.30. The molecule has 0 saturated carbocycles. The van der Waals surface area contributed by atoms with Crippen molar-refractivity contribution in [3.05, 3.63) is 49.9 Å². The minimum atomic E-state index is -0.395. The van der Waals surface area contributed by atoms with E-state index in [-0.39, 0.29) is 11.1 Å². The number of aryl methyl sites for hydroxylation is 1. The van der Waals surface area contributed by atoms with Crippen molar-refractivity contribution in [2.24, 2.45) is 0 Å². The maximum atomic E-state index is 13.6. The minimum absolute atomic E-state index is 0.228. The van der Waals surface area contributed by atoms with Crippen molar-refractivity contribution >= 4 is 38.9 Å². The fraction of sp³-hybridized carbons (Fsp3) is 0.231. The van der Waals surface area contributed by atoms with Crippen molar-refractivity contribution in [3.63, 3.8) is 0 Å². The molecule has 1 atom stereocenters. The summed E-state index contributed by atoms with van der Waals surface area (Å²) in [4.78, 5) is 2.15. The second kappa shape index (κ2) is 5.59. The first-order valence-electron chi connectivity index (χ1n) is 5.26. The van der Waals surface area contributed by atoms with E-state index in [9.17, 15) is 4.39 Å². The van der Waals surface area contributed by atoms with Crippen LogP contribution in [0.4, 0.5) is 4.39 Å². The second-order valence-electron chi connectivity index (χ2n) is 3.81. The molecule has 0 saturated heterocycles. The third kappa shape index (κ3) is 2.71. The number of thiophene rings is 1. The van der Waals surface area contributed by atoms with Crippen molar-refractivity contribution in [2.75, 3.05) is 7.11 Å². The number of rotatable bonds is 3. The van der Waals surface area contributed by atoms with Crippen LogP contribution in [0.5, 0.6) is 5.75 Å². The molecule has 96 valence electrons. The lowest BCUT2D eigenvalue weighted by Crippen LogP contribution is -1.94. The van der Waals surface area contributed by atoms with Crippen molar-refractivity contribution in [3.8, 4) is 5.75 Å². The van der Waals surface area contributed by atoms with E-state index < -0.39 is 5.82 Å². The van der Waals surface area contributed by atoms with Gasteiger partial charge in [0, 0.05) is 14.2 Å². The van der Waals surface area contributed by atoms with Gasteiger partial charge in [-0.2, -0.15) is 0 Å². The topological polar surface area (TPSA) is 9.23 Å². The molecule has 1 unspecified atom stereocenters. The number of alkyl halides is 1. The Morgan fingerprint density at radius 3 is 2.61 bits per heavy atom. The molecule has 5 heteroatoms. The normalized spacial score (nSPS) is 12.5. The summed E-state index contributed by atoms with van der Waals surface area (Å²) in [5.74, 6) is -0.167. The van der Waals surface area contributed by atoms with Crippen LogP contribution in [-0.2, 0) is 0 Å². The van der Waals surface area contributed by atoms with Crippen LogP contribution >= 0.6 is 38.9 Å². The quantitative estimate of drug-likeness (QED) is 0.684. The zero-order valence-electron chi connectivity index (χ0n) is 9.84. The lowest BCUT2D eigenvalue weighted by atomic mass is 10.1. The number of halogens is 3. The molecular weight excluding hydrogens is 339 g/mol. The van der Waals surface area contributed by atoms with E-state index in [0.29, 0.717) is 0 Å². The van der Waals surface area contributed by atoms with Gasteiger partial charge in [-0.25, -0.2) is 4.39 Å². The summed E-state index contributed by atoms with van der Waals surface area (Å²) < 4.78 is 19.5. The monoisotopic (exact) mass is 348 g/mol. The van der Waals surface area contributed by atoms with Gasteiger partial charge in [-0.05, 0) is 46.6 Å². The molecular formula is C13H11BrClFOS. The molecule has 0 aliphatic heterocycles. The van der Waals surface area contributed by atoms with Gasteiger partial charge >= 0.3 is 0 Å². The van der Waals surface area contributed by atoms with Gasteiger partial charge in [0.1, 0.15) is 0 Å². The van der Waals surface area contributed by atoms with Crippen molar-refractivity contribution in [2.45, 2.75) is 12.3 Å². The molecule has 1 aromatic heterocycles. The Hall–Kier alpha value is -0.580. The lowest BCUT2D eigenvalue weighted by molar-refractivity contribution is 0.386. The SMILES string of the molecule is COc1ccc(C(Cl)c2cc(Br)c(C)s2)cc1F. The minimum Gasteiger partial charge on any atom is -0.494 e. The smallest absolute Gasteiger partial charge is 0.165 e. The summed E-state index contributed by atoms with van der Waals surface area (Å²) in [6.45, 7) is 2.01. The highest BCUT2D eigenvalue weighted by molar-refractivity contribution is 9.10. The first-order chi connectivity index (χ1) is 8.52. The summed E-state index contributed by atoms with van der Waals surface area (Å²) in [7, 11) is 1.44. The van der Waals surface area contributed by atoms with Crippen molar-refractivity contribution in [1.29, 1.82) is 0 Å². The molecule has 0 amide bonds. The standard InChI is InChI=1S/C13H11BrClFOS/c1-7-9(14)6-12(18-7)13(15)8-3-4-11(17-2)10(16)5-8/h3-6,13H,1-2H3. The van der Waals surface area contributed by atoms with Crippen LogP contribution in [-0.4, -0.2) is 7.11 Å². The van der Waals surface area contributed by atoms with Gasteiger partial charge in [0.2, 0.25) is 0 Å². The van der Waals surface area contributed by atoms with Crippen LogP contribution in [0.25, 0.3) is 0 Å². The molecule has 18 heavy (non-hydrogen) atoms. The van der Waals surface area contributed by atoms with Gasteiger partial charge in [0.25, 0.3) is 0 Å². The van der Waals surface area contributed by atoms with Gasteiger partial charge in [0.15, 0.2) is 11.6 Å². The van der Waals surface area contributed by atoms with Crippen LogP contribution in [0.1, 0.15) is 20.7 Å². The summed E-state index contributed by atoms with van der Waals surface area (Å²) in [5, 5.41) is -0.347. The number of benzene rings is 1. The summed E-state index contributed by atoms with van der Waals surface area (Å²) >= 11 is 11.4. The predicted molar refractivity (Wildman–Crippen MR) is 77.4 cm³/mol. The fourth-order valence-electron chi connectivity index (χ4n) is 1.61. The number of hydrogen-bond donors (Lipinski definition) is 0. The van der Waals surface area contributed by atoms with E-state index in [1.165, 1.54) is 13.2 Å². The molecule has 0 bridgehead atoms. The highest BCUT2D eigenvalue weighted by Crippen LogP contribution is 2.38. The molecule has 1 heterocycles. The van der Waals surface area contributed by atoms with Gasteiger partial charge < -0.3 is 4.74 Å². The first-order valence-corrected chi connectivity index (χ1v) is 7.31. The second-order valence-corrected chi connectivity index (χ2v) is 6.39. The highest BCUT2D eigenvalue weighted by Gasteiger charge is 2.16. The van der Waals surface area contributed by atoms with Crippen LogP contribution in [0.2, 0.25) is 0 Å². The van der Waals surface area contributed by atoms with E-state index in [2.05, 4.69) is 15.9 Å². The van der Waals surface area contributed by atoms with Crippen LogP contribution in [0, 0.1) is 12.7 Å². The summed E-state index contributed by atoms with van der Waals surface area (Å²) in [6, 6.07) is 6.76. The van der Waals surface area contributed by atoms with Crippen molar-refractivity contribution < 1.29 is 9.13 Å². The van der Waals surface area contributed by atoms with Gasteiger partial charge in [0.05, 0.1) is 12.5 Å². The molecule has 1 nitrogen and oxygen atoms in total. The Bertz CT molecular complexity index is 551. The Morgan fingerprint density at radius 1 is 1.39 bits per heavy atom. The highest BCUT2D eigenvalue weighted by atomic mass is 79.9. The van der Waals surface area contributed by atoms with Crippen LogP contribution in [0.3, 0.4) is 0 Å². The Balaban J connectivity index is 2.33. The van der Waals surface area contributed by atoms with E-state index in [1.54, 1.807) is 23.5 Å². The molecule has 0 aliphatic carbocycles. The summed E-state index contributed by atoms with van der Waals surface area (Å²) in [6.07, 6.45) is 0. The van der Waals surface area contributed by atoms with Crippen LogP contribution in [0.15, 0.2) is 28.7 Å². The Morgan fingerprint density at radius 2 is 2.11 bits per heavy atom. The first kappa shape index (κ1) is 13.8. The average molecular weight is 350 g/mol. The Labute approximate surface area is 123 Å². The summed E-state index contributed by atoms with van der Waals surface area (Å²) in [5.41, 5.74) is 0.726. The van der Waals surface area contributed by atoms with Gasteiger partial charge in [-0.15, -0.1) is 22.9 Å². The zero-order chi connectivity index (χ0) is 13.3. The molecule has 2 aromatic rings. The average Bonchev–Trinajstić information content (AvgIpc) is 2.68. The molecule has 1 aromatic carbocycles. The molecule has 2 rings (SSSR count). The maximum absolute atomic E-state index is 13.6. The number of ether oxygens (including phenoxy) is 1. The fourth-order valence-corrected chi connectivity index (χ4v) is 3.51. The van der Waals surface area contributed by atoms with E-state index >= 15 is 0 Å². The van der Waals surface area contributed by atoms with E-state index in [1.807, 2.05) is 13.0 Å². The molecule has 0 N–H and O–H groups in total. The lowest BCUT2D eigenvalue weighted by Gasteiger charge is -2.09. The molecule has 0 fully saturated rings. The number of hydrogen-bond acceptors (Lipinski definition) is 2. The van der Waals surface area contributed by atoms with Crippen LogP contribution < -0.4 is 4.74 Å².